The first-order chi connectivity index (χ1) is 18.1. The molecule has 1 aliphatic carbocycles. The van der Waals surface area contributed by atoms with Gasteiger partial charge >= 0.3 is 6.18 Å². The van der Waals surface area contributed by atoms with E-state index in [-0.39, 0.29) is 42.9 Å². The predicted molar refractivity (Wildman–Crippen MR) is 147 cm³/mol. The number of carboxylic acids is 1. The minimum Gasteiger partial charge on any atom is -0.550 e. The van der Waals surface area contributed by atoms with E-state index in [9.17, 15) is 14.3 Å². The number of rotatable bonds is 5. The number of hydrogen-bond acceptors (Lipinski definition) is 3. The van der Waals surface area contributed by atoms with Crippen molar-refractivity contribution < 1.29 is 27.5 Å². The van der Waals surface area contributed by atoms with Crippen molar-refractivity contribution in [3.05, 3.63) is 66.8 Å². The van der Waals surface area contributed by atoms with Crippen LogP contribution in [-0.2, 0) is 15.7 Å². The molecule has 1 saturated carbocycles. The maximum Gasteiger partial charge on any atom is 0.404 e. The number of hydrogen-bond donors (Lipinski definition) is 0. The van der Waals surface area contributed by atoms with Crippen LogP contribution < -0.4 is 5.11 Å². The Morgan fingerprint density at radius 3 is 2.23 bits per heavy atom. The SMILES string of the molecule is CC(C)C1CC[C@H](C)C[C@@H]1[C@@]1(c2ccc(F)c(Br)c2)N=CC(c2cc(Cl)c(Cl)c(Cl)c2)(C(F)(F)F)C1C(=O)[O-]. The van der Waals surface area contributed by atoms with Gasteiger partial charge in [-0.05, 0) is 87.8 Å². The molecule has 4 rings (SSSR count). The van der Waals surface area contributed by atoms with E-state index >= 15 is 13.2 Å². The molecule has 1 fully saturated rings. The molecule has 39 heavy (non-hydrogen) atoms. The Bertz CT molecular complexity index is 1300. The molecule has 0 aromatic heterocycles. The van der Waals surface area contributed by atoms with Crippen LogP contribution in [0.1, 0.15) is 51.2 Å². The number of aliphatic carboxylic acids is 1. The van der Waals surface area contributed by atoms with E-state index in [1.165, 1.54) is 12.1 Å². The quantitative estimate of drug-likeness (QED) is 0.237. The molecule has 0 N–H and O–H groups in total. The summed E-state index contributed by atoms with van der Waals surface area (Å²) in [6.45, 7) is 5.91. The fraction of sp³-hybridized carbons (Fsp3) is 0.500. The largest absolute Gasteiger partial charge is 0.550 e. The van der Waals surface area contributed by atoms with Crippen LogP contribution in [0.15, 0.2) is 39.8 Å². The second-order valence-corrected chi connectivity index (χ2v) is 13.1. The highest BCUT2D eigenvalue weighted by Gasteiger charge is 2.71. The molecule has 0 radical (unpaired) electrons. The van der Waals surface area contributed by atoms with Crippen molar-refractivity contribution in [3.8, 4) is 0 Å². The summed E-state index contributed by atoms with van der Waals surface area (Å²) in [5.74, 6) is -5.51. The number of alkyl halides is 3. The molecule has 3 unspecified atom stereocenters. The van der Waals surface area contributed by atoms with Crippen molar-refractivity contribution in [1.82, 2.24) is 0 Å². The lowest BCUT2D eigenvalue weighted by atomic mass is 9.53. The Morgan fingerprint density at radius 1 is 1.10 bits per heavy atom. The Hall–Kier alpha value is -1.35. The van der Waals surface area contributed by atoms with E-state index in [4.69, 9.17) is 34.8 Å². The van der Waals surface area contributed by atoms with Gasteiger partial charge in [0.2, 0.25) is 0 Å². The summed E-state index contributed by atoms with van der Waals surface area (Å²) in [6.07, 6.45) is -2.55. The third-order valence-corrected chi connectivity index (χ3v) is 10.3. The van der Waals surface area contributed by atoms with Crippen LogP contribution in [0.4, 0.5) is 17.6 Å². The molecule has 212 valence electrons. The highest BCUT2D eigenvalue weighted by Crippen LogP contribution is 2.63. The van der Waals surface area contributed by atoms with E-state index in [1.807, 2.05) is 20.8 Å². The van der Waals surface area contributed by atoms with Crippen molar-refractivity contribution in [2.75, 3.05) is 0 Å². The fourth-order valence-corrected chi connectivity index (χ4v) is 7.70. The van der Waals surface area contributed by atoms with Gasteiger partial charge in [0.05, 0.1) is 31.0 Å². The lowest BCUT2D eigenvalue weighted by Crippen LogP contribution is -2.61. The maximum absolute atomic E-state index is 15.4. The van der Waals surface area contributed by atoms with Crippen LogP contribution in [-0.4, -0.2) is 18.4 Å². The first kappa shape index (κ1) is 30.6. The summed E-state index contributed by atoms with van der Waals surface area (Å²) < 4.78 is 60.6. The van der Waals surface area contributed by atoms with Crippen molar-refractivity contribution in [2.24, 2.45) is 34.6 Å². The van der Waals surface area contributed by atoms with Gasteiger partial charge in [-0.15, -0.1) is 0 Å². The zero-order valence-corrected chi connectivity index (χ0v) is 25.1. The number of carbonyl (C=O) groups excluding carboxylic acids is 1. The minimum absolute atomic E-state index is 0.0150. The van der Waals surface area contributed by atoms with Crippen molar-refractivity contribution in [3.63, 3.8) is 0 Å². The number of benzene rings is 2. The van der Waals surface area contributed by atoms with Crippen molar-refractivity contribution >= 4 is 62.9 Å². The molecule has 0 bridgehead atoms. The van der Waals surface area contributed by atoms with Gasteiger partial charge in [-0.2, -0.15) is 13.2 Å². The molecule has 6 atom stereocenters. The Morgan fingerprint density at radius 2 is 1.72 bits per heavy atom. The minimum atomic E-state index is -5.16. The van der Waals surface area contributed by atoms with E-state index < -0.39 is 46.3 Å². The van der Waals surface area contributed by atoms with Crippen LogP contribution in [0.25, 0.3) is 0 Å². The summed E-state index contributed by atoms with van der Waals surface area (Å²) in [7, 11) is 0. The highest BCUT2D eigenvalue weighted by atomic mass is 79.9. The number of halogens is 8. The van der Waals surface area contributed by atoms with Gasteiger partial charge in [-0.1, -0.05) is 68.1 Å². The fourth-order valence-electron chi connectivity index (χ4n) is 6.73. The molecule has 1 aliphatic heterocycles. The summed E-state index contributed by atoms with van der Waals surface area (Å²) in [5, 5.41) is 12.5. The van der Waals surface area contributed by atoms with Crippen LogP contribution in [0.5, 0.6) is 0 Å². The van der Waals surface area contributed by atoms with E-state index in [0.717, 1.165) is 24.6 Å². The van der Waals surface area contributed by atoms with Crippen molar-refractivity contribution in [1.29, 1.82) is 0 Å². The monoisotopic (exact) mass is 668 g/mol. The molecule has 0 saturated heterocycles. The molecular formula is C28H26BrCl3F4NO2-. The smallest absolute Gasteiger partial charge is 0.404 e. The zero-order chi connectivity index (χ0) is 29.1. The number of nitrogens with zero attached hydrogens (tertiary/aromatic N) is 1. The first-order valence-corrected chi connectivity index (χ1v) is 14.4. The van der Waals surface area contributed by atoms with Gasteiger partial charge in [-0.25, -0.2) is 4.39 Å². The van der Waals surface area contributed by atoms with Gasteiger partial charge in [0.25, 0.3) is 0 Å². The molecule has 0 amide bonds. The van der Waals surface area contributed by atoms with Crippen LogP contribution in [0.3, 0.4) is 0 Å². The number of carboxylic acid groups (broad SMARTS) is 1. The Labute approximate surface area is 248 Å². The maximum atomic E-state index is 15.4. The van der Waals surface area contributed by atoms with Crippen LogP contribution in [0, 0.1) is 35.4 Å². The second-order valence-electron chi connectivity index (χ2n) is 11.0. The van der Waals surface area contributed by atoms with Gasteiger partial charge in [0.15, 0.2) is 0 Å². The molecule has 2 aliphatic rings. The summed E-state index contributed by atoms with van der Waals surface area (Å²) in [5.41, 5.74) is -5.46. The lowest BCUT2D eigenvalue weighted by Gasteiger charge is -2.52. The average Bonchev–Trinajstić information content (AvgIpc) is 3.22. The molecule has 2 aromatic rings. The van der Waals surface area contributed by atoms with Gasteiger partial charge in [-0.3, -0.25) is 4.99 Å². The number of carbonyl (C=O) groups is 1. The molecule has 3 nitrogen and oxygen atoms in total. The van der Waals surface area contributed by atoms with Crippen LogP contribution in [0.2, 0.25) is 15.1 Å². The summed E-state index contributed by atoms with van der Waals surface area (Å²) in [6, 6.07) is 5.70. The van der Waals surface area contributed by atoms with Crippen molar-refractivity contribution in [2.45, 2.75) is 57.2 Å². The van der Waals surface area contributed by atoms with Gasteiger partial charge in [0.1, 0.15) is 11.2 Å². The normalized spacial score (nSPS) is 31.2. The third kappa shape index (κ3) is 4.91. The van der Waals surface area contributed by atoms with Crippen LogP contribution >= 0.6 is 50.7 Å². The third-order valence-electron chi connectivity index (χ3n) is 8.51. The standard InChI is InChI=1S/C28H27BrCl3F4NO2/c1-13(2)17-6-4-14(3)8-18(17)27(15-5-7-22(33)19(29)9-15)24(25(38)39)26(12-37-27,28(34,35)36)16-10-20(30)23(32)21(31)11-16/h5,7,9-14,17-18,24H,4,6,8H2,1-3H3,(H,38,39)/p-1/t14-,17?,18-,24?,26?,27+/m0/s1. The highest BCUT2D eigenvalue weighted by molar-refractivity contribution is 9.10. The Balaban J connectivity index is 2.12. The summed E-state index contributed by atoms with van der Waals surface area (Å²) in [4.78, 5) is 17.7. The lowest BCUT2D eigenvalue weighted by molar-refractivity contribution is -0.322. The predicted octanol–water partition coefficient (Wildman–Crippen LogP) is 8.40. The second kappa shape index (κ2) is 10.8. The Kier molecular flexibility index (Phi) is 8.48. The molecular weight excluding hydrogens is 645 g/mol. The first-order valence-electron chi connectivity index (χ1n) is 12.5. The molecule has 1 heterocycles. The van der Waals surface area contributed by atoms with E-state index in [0.29, 0.717) is 19.1 Å². The van der Waals surface area contributed by atoms with Gasteiger partial charge < -0.3 is 9.90 Å². The summed E-state index contributed by atoms with van der Waals surface area (Å²) >= 11 is 21.5. The van der Waals surface area contributed by atoms with E-state index in [1.54, 1.807) is 0 Å². The van der Waals surface area contributed by atoms with E-state index in [2.05, 4.69) is 20.9 Å². The average molecular weight is 671 g/mol. The molecule has 2 aromatic carbocycles. The molecule has 0 spiro atoms. The topological polar surface area (TPSA) is 52.5 Å². The number of aliphatic imine (C=N–C) groups is 1. The van der Waals surface area contributed by atoms with Gasteiger partial charge in [0, 0.05) is 12.2 Å². The zero-order valence-electron chi connectivity index (χ0n) is 21.3. The molecule has 11 heteroatoms.